The predicted molar refractivity (Wildman–Crippen MR) is 71.0 cm³/mol. The van der Waals surface area contributed by atoms with Gasteiger partial charge in [0.1, 0.15) is 11.4 Å². The van der Waals surface area contributed by atoms with Crippen molar-refractivity contribution in [2.24, 2.45) is 0 Å². The SMILES string of the molecule is C=C(C)COCCNC(=O)c1ccc(F)cc1[N+](=O)[O-]. The number of carbonyl (C=O) groups excluding carboxylic acids is 1. The zero-order chi connectivity index (χ0) is 15.1. The molecule has 1 aromatic carbocycles. The van der Waals surface area contributed by atoms with Crippen LogP contribution in [0.3, 0.4) is 0 Å². The zero-order valence-electron chi connectivity index (χ0n) is 11.0. The molecule has 1 amide bonds. The first-order valence-corrected chi connectivity index (χ1v) is 5.86. The van der Waals surface area contributed by atoms with E-state index in [1.54, 1.807) is 6.92 Å². The van der Waals surface area contributed by atoms with Crippen LogP contribution in [0, 0.1) is 15.9 Å². The average Bonchev–Trinajstić information content (AvgIpc) is 2.37. The van der Waals surface area contributed by atoms with Crippen LogP contribution < -0.4 is 5.32 Å². The van der Waals surface area contributed by atoms with Crippen LogP contribution in [0.15, 0.2) is 30.4 Å². The van der Waals surface area contributed by atoms with Crippen molar-refractivity contribution >= 4 is 11.6 Å². The van der Waals surface area contributed by atoms with E-state index in [0.717, 1.165) is 17.7 Å². The van der Waals surface area contributed by atoms with E-state index in [4.69, 9.17) is 4.74 Å². The van der Waals surface area contributed by atoms with Gasteiger partial charge in [0.05, 0.1) is 24.2 Å². The molecule has 0 aliphatic carbocycles. The molecule has 0 aliphatic heterocycles. The van der Waals surface area contributed by atoms with Crippen molar-refractivity contribution < 1.29 is 18.8 Å². The summed E-state index contributed by atoms with van der Waals surface area (Å²) >= 11 is 0. The van der Waals surface area contributed by atoms with Crippen LogP contribution in [-0.4, -0.2) is 30.6 Å². The number of ether oxygens (including phenoxy) is 1. The van der Waals surface area contributed by atoms with Crippen LogP contribution in [0.4, 0.5) is 10.1 Å². The first-order chi connectivity index (χ1) is 9.41. The molecule has 0 atom stereocenters. The molecule has 0 aromatic heterocycles. The largest absolute Gasteiger partial charge is 0.375 e. The fourth-order valence-corrected chi connectivity index (χ4v) is 1.43. The molecule has 0 heterocycles. The third kappa shape index (κ3) is 4.77. The van der Waals surface area contributed by atoms with Gasteiger partial charge in [-0.05, 0) is 19.1 Å². The lowest BCUT2D eigenvalue weighted by Gasteiger charge is -2.07. The Hall–Kier alpha value is -2.28. The van der Waals surface area contributed by atoms with Gasteiger partial charge in [0.15, 0.2) is 0 Å². The van der Waals surface area contributed by atoms with Gasteiger partial charge in [0.25, 0.3) is 11.6 Å². The van der Waals surface area contributed by atoms with Crippen LogP contribution in [0.5, 0.6) is 0 Å². The number of amides is 1. The molecular weight excluding hydrogens is 267 g/mol. The Balaban J connectivity index is 2.59. The Labute approximate surface area is 115 Å². The lowest BCUT2D eigenvalue weighted by molar-refractivity contribution is -0.385. The maximum absolute atomic E-state index is 12.9. The second-order valence-corrected chi connectivity index (χ2v) is 4.18. The van der Waals surface area contributed by atoms with E-state index >= 15 is 0 Å². The maximum atomic E-state index is 12.9. The molecule has 0 saturated heterocycles. The van der Waals surface area contributed by atoms with E-state index in [0.29, 0.717) is 12.7 Å². The van der Waals surface area contributed by atoms with Crippen LogP contribution in [0.2, 0.25) is 0 Å². The average molecular weight is 282 g/mol. The van der Waals surface area contributed by atoms with Crippen molar-refractivity contribution in [1.29, 1.82) is 0 Å². The zero-order valence-corrected chi connectivity index (χ0v) is 11.0. The van der Waals surface area contributed by atoms with Crippen LogP contribution in [0.1, 0.15) is 17.3 Å². The van der Waals surface area contributed by atoms with Crippen LogP contribution >= 0.6 is 0 Å². The standard InChI is InChI=1S/C13H15FN2O4/c1-9(2)8-20-6-5-15-13(17)11-4-3-10(14)7-12(11)16(18)19/h3-4,7H,1,5-6,8H2,2H3,(H,15,17). The number of nitrogens with one attached hydrogen (secondary N) is 1. The summed E-state index contributed by atoms with van der Waals surface area (Å²) in [6.45, 7) is 6.29. The molecule has 0 saturated carbocycles. The lowest BCUT2D eigenvalue weighted by atomic mass is 10.1. The number of hydrogen-bond donors (Lipinski definition) is 1. The Morgan fingerprint density at radius 3 is 2.85 bits per heavy atom. The van der Waals surface area contributed by atoms with Gasteiger partial charge in [-0.1, -0.05) is 12.2 Å². The molecule has 1 rings (SSSR count). The molecule has 0 spiro atoms. The van der Waals surface area contributed by atoms with Crippen LogP contribution in [0.25, 0.3) is 0 Å². The lowest BCUT2D eigenvalue weighted by Crippen LogP contribution is -2.28. The summed E-state index contributed by atoms with van der Waals surface area (Å²) in [5, 5.41) is 13.2. The fourth-order valence-electron chi connectivity index (χ4n) is 1.43. The molecule has 0 aliphatic rings. The summed E-state index contributed by atoms with van der Waals surface area (Å²) < 4.78 is 18.1. The first-order valence-electron chi connectivity index (χ1n) is 5.86. The van der Waals surface area contributed by atoms with Crippen molar-refractivity contribution in [3.8, 4) is 0 Å². The summed E-state index contributed by atoms with van der Waals surface area (Å²) in [5.41, 5.74) is 0.104. The number of hydrogen-bond acceptors (Lipinski definition) is 4. The summed E-state index contributed by atoms with van der Waals surface area (Å²) in [7, 11) is 0. The fraction of sp³-hybridized carbons (Fsp3) is 0.308. The predicted octanol–water partition coefficient (Wildman–Crippen LogP) is 2.06. The monoisotopic (exact) mass is 282 g/mol. The topological polar surface area (TPSA) is 81.5 Å². The van der Waals surface area contributed by atoms with Crippen molar-refractivity contribution in [1.82, 2.24) is 5.32 Å². The summed E-state index contributed by atoms with van der Waals surface area (Å²) in [4.78, 5) is 21.7. The van der Waals surface area contributed by atoms with E-state index < -0.39 is 22.3 Å². The molecule has 1 aromatic rings. The van der Waals surface area contributed by atoms with Gasteiger partial charge in [0, 0.05) is 6.54 Å². The first kappa shape index (κ1) is 15.8. The number of nitrogens with zero attached hydrogens (tertiary/aromatic N) is 1. The number of nitro benzene ring substituents is 1. The van der Waals surface area contributed by atoms with Gasteiger partial charge in [-0.15, -0.1) is 0 Å². The maximum Gasteiger partial charge on any atom is 0.285 e. The minimum atomic E-state index is -0.796. The molecule has 0 fully saturated rings. The Kier molecular flexibility index (Phi) is 5.79. The molecule has 20 heavy (non-hydrogen) atoms. The van der Waals surface area contributed by atoms with E-state index in [1.165, 1.54) is 0 Å². The van der Waals surface area contributed by atoms with Crippen LogP contribution in [-0.2, 0) is 4.74 Å². The molecule has 0 bridgehead atoms. The molecule has 108 valence electrons. The van der Waals surface area contributed by atoms with E-state index in [2.05, 4.69) is 11.9 Å². The quantitative estimate of drug-likeness (QED) is 0.359. The van der Waals surface area contributed by atoms with Gasteiger partial charge in [-0.2, -0.15) is 0 Å². The third-order valence-corrected chi connectivity index (χ3v) is 2.28. The number of rotatable bonds is 7. The van der Waals surface area contributed by atoms with E-state index in [-0.39, 0.29) is 18.7 Å². The molecule has 1 N–H and O–H groups in total. The van der Waals surface area contributed by atoms with Gasteiger partial charge >= 0.3 is 0 Å². The summed E-state index contributed by atoms with van der Waals surface area (Å²) in [6, 6.07) is 2.80. The second-order valence-electron chi connectivity index (χ2n) is 4.18. The highest BCUT2D eigenvalue weighted by atomic mass is 19.1. The number of halogens is 1. The molecule has 0 radical (unpaired) electrons. The van der Waals surface area contributed by atoms with Crippen molar-refractivity contribution in [3.05, 3.63) is 51.8 Å². The highest BCUT2D eigenvalue weighted by molar-refractivity contribution is 5.98. The van der Waals surface area contributed by atoms with E-state index in [1.807, 2.05) is 0 Å². The minimum Gasteiger partial charge on any atom is -0.375 e. The van der Waals surface area contributed by atoms with E-state index in [9.17, 15) is 19.3 Å². The van der Waals surface area contributed by atoms with Gasteiger partial charge in [-0.25, -0.2) is 4.39 Å². The smallest absolute Gasteiger partial charge is 0.285 e. The highest BCUT2D eigenvalue weighted by Gasteiger charge is 2.20. The molecule has 6 nitrogen and oxygen atoms in total. The Morgan fingerprint density at radius 1 is 1.55 bits per heavy atom. The Bertz CT molecular complexity index is 531. The minimum absolute atomic E-state index is 0.184. The number of nitro groups is 1. The second kappa shape index (κ2) is 7.34. The molecular formula is C13H15FN2O4. The third-order valence-electron chi connectivity index (χ3n) is 2.28. The molecule has 7 heteroatoms. The van der Waals surface area contributed by atoms with Crippen molar-refractivity contribution in [2.45, 2.75) is 6.92 Å². The summed E-state index contributed by atoms with van der Waals surface area (Å²) in [5.74, 6) is -1.41. The van der Waals surface area contributed by atoms with Gasteiger partial charge in [0.2, 0.25) is 0 Å². The Morgan fingerprint density at radius 2 is 2.25 bits per heavy atom. The van der Waals surface area contributed by atoms with Gasteiger partial charge in [-0.3, -0.25) is 14.9 Å². The highest BCUT2D eigenvalue weighted by Crippen LogP contribution is 2.19. The van der Waals surface area contributed by atoms with Crippen molar-refractivity contribution in [2.75, 3.05) is 19.8 Å². The normalized spacial score (nSPS) is 10.1. The number of carbonyl (C=O) groups is 1. The molecule has 0 unspecified atom stereocenters. The van der Waals surface area contributed by atoms with Crippen molar-refractivity contribution in [3.63, 3.8) is 0 Å². The van der Waals surface area contributed by atoms with Gasteiger partial charge < -0.3 is 10.1 Å². The summed E-state index contributed by atoms with van der Waals surface area (Å²) in [6.07, 6.45) is 0. The number of benzene rings is 1.